The molecule has 0 aliphatic heterocycles. The third-order valence-corrected chi connectivity index (χ3v) is 3.47. The molecule has 0 fully saturated rings. The summed E-state index contributed by atoms with van der Waals surface area (Å²) in [6.45, 7) is 0. The molecule has 0 N–H and O–H groups in total. The van der Waals surface area contributed by atoms with Crippen LogP contribution < -0.4 is 4.90 Å². The fourth-order valence-corrected chi connectivity index (χ4v) is 2.39. The number of nitro benzene ring substituents is 1. The number of nitro groups is 1. The minimum Gasteiger partial charge on any atom is -0.329 e. The van der Waals surface area contributed by atoms with Crippen LogP contribution in [-0.4, -0.2) is 21.9 Å². The molecular formula is C15H11ClN4O2. The Morgan fingerprint density at radius 2 is 1.86 bits per heavy atom. The van der Waals surface area contributed by atoms with E-state index in [2.05, 4.69) is 9.97 Å². The van der Waals surface area contributed by atoms with E-state index in [1.807, 2.05) is 42.3 Å². The van der Waals surface area contributed by atoms with Gasteiger partial charge in [0.05, 0.1) is 15.8 Å². The Kier molecular flexibility index (Phi) is 3.60. The number of fused-ring (bicyclic) bond motifs is 1. The minimum atomic E-state index is -0.444. The summed E-state index contributed by atoms with van der Waals surface area (Å²) in [7, 11) is 1.83. The molecule has 0 unspecified atom stereocenters. The number of hydrogen-bond acceptors (Lipinski definition) is 5. The van der Waals surface area contributed by atoms with Gasteiger partial charge >= 0.3 is 0 Å². The Bertz CT molecular complexity index is 855. The Morgan fingerprint density at radius 1 is 1.14 bits per heavy atom. The van der Waals surface area contributed by atoms with Crippen LogP contribution in [0.15, 0.2) is 48.5 Å². The van der Waals surface area contributed by atoms with E-state index in [-0.39, 0.29) is 11.0 Å². The molecule has 22 heavy (non-hydrogen) atoms. The van der Waals surface area contributed by atoms with Crippen molar-refractivity contribution in [2.24, 2.45) is 0 Å². The number of nitrogens with zero attached hydrogens (tertiary/aromatic N) is 4. The van der Waals surface area contributed by atoms with Crippen LogP contribution in [0.4, 0.5) is 17.2 Å². The smallest absolute Gasteiger partial charge is 0.270 e. The monoisotopic (exact) mass is 314 g/mol. The van der Waals surface area contributed by atoms with Gasteiger partial charge in [0.15, 0.2) is 0 Å². The van der Waals surface area contributed by atoms with E-state index >= 15 is 0 Å². The molecule has 0 spiro atoms. The summed E-state index contributed by atoms with van der Waals surface area (Å²) in [5.74, 6) is 0.518. The fourth-order valence-electron chi connectivity index (χ4n) is 2.22. The molecule has 0 aliphatic rings. The predicted octanol–water partition coefficient (Wildman–Crippen LogP) is 3.96. The molecule has 3 rings (SSSR count). The molecule has 3 aromatic rings. The molecule has 0 atom stereocenters. The first-order valence-electron chi connectivity index (χ1n) is 6.47. The average molecular weight is 315 g/mol. The van der Waals surface area contributed by atoms with Gasteiger partial charge in [0.2, 0.25) is 5.28 Å². The van der Waals surface area contributed by atoms with E-state index < -0.39 is 4.92 Å². The van der Waals surface area contributed by atoms with Gasteiger partial charge in [0, 0.05) is 24.9 Å². The number of para-hydroxylation sites is 1. The lowest BCUT2D eigenvalue weighted by atomic mass is 10.2. The maximum Gasteiger partial charge on any atom is 0.270 e. The number of hydrogen-bond donors (Lipinski definition) is 0. The van der Waals surface area contributed by atoms with Gasteiger partial charge in [-0.25, -0.2) is 4.98 Å². The summed E-state index contributed by atoms with van der Waals surface area (Å²) >= 11 is 5.97. The molecule has 110 valence electrons. The molecule has 0 bridgehead atoms. The largest absolute Gasteiger partial charge is 0.329 e. The highest BCUT2D eigenvalue weighted by Crippen LogP contribution is 2.31. The normalized spacial score (nSPS) is 10.6. The maximum atomic E-state index is 11.0. The van der Waals surface area contributed by atoms with Gasteiger partial charge in [-0.3, -0.25) is 10.1 Å². The average Bonchev–Trinajstić information content (AvgIpc) is 2.53. The lowest BCUT2D eigenvalue weighted by Crippen LogP contribution is -2.12. The van der Waals surface area contributed by atoms with Crippen molar-refractivity contribution in [1.82, 2.24) is 9.97 Å². The van der Waals surface area contributed by atoms with Gasteiger partial charge in [-0.2, -0.15) is 4.98 Å². The zero-order valence-electron chi connectivity index (χ0n) is 11.6. The van der Waals surface area contributed by atoms with Gasteiger partial charge in [-0.05, 0) is 29.8 Å². The van der Waals surface area contributed by atoms with Crippen LogP contribution in [0.3, 0.4) is 0 Å². The van der Waals surface area contributed by atoms with Crippen molar-refractivity contribution in [2.45, 2.75) is 0 Å². The number of aromatic nitrogens is 2. The highest BCUT2D eigenvalue weighted by molar-refractivity contribution is 6.28. The van der Waals surface area contributed by atoms with Crippen LogP contribution in [-0.2, 0) is 0 Å². The highest BCUT2D eigenvalue weighted by Gasteiger charge is 2.16. The first-order chi connectivity index (χ1) is 10.6. The lowest BCUT2D eigenvalue weighted by Gasteiger charge is -2.19. The topological polar surface area (TPSA) is 72.2 Å². The third-order valence-electron chi connectivity index (χ3n) is 3.30. The second-order valence-electron chi connectivity index (χ2n) is 4.67. The molecule has 0 saturated heterocycles. The van der Waals surface area contributed by atoms with Gasteiger partial charge in [0.25, 0.3) is 5.69 Å². The van der Waals surface area contributed by atoms with E-state index in [4.69, 9.17) is 11.6 Å². The van der Waals surface area contributed by atoms with E-state index in [9.17, 15) is 10.1 Å². The molecular weight excluding hydrogens is 304 g/mol. The third kappa shape index (κ3) is 2.56. The van der Waals surface area contributed by atoms with E-state index in [0.29, 0.717) is 16.7 Å². The van der Waals surface area contributed by atoms with Crippen LogP contribution in [0.5, 0.6) is 0 Å². The van der Waals surface area contributed by atoms with E-state index in [0.717, 1.165) is 5.69 Å². The van der Waals surface area contributed by atoms with Crippen LogP contribution in [0.1, 0.15) is 0 Å². The number of non-ortho nitro benzene ring substituents is 1. The van der Waals surface area contributed by atoms with Gasteiger partial charge < -0.3 is 4.90 Å². The van der Waals surface area contributed by atoms with E-state index in [1.165, 1.54) is 12.1 Å². The Balaban J connectivity index is 2.23. The van der Waals surface area contributed by atoms with Crippen LogP contribution in [0, 0.1) is 10.1 Å². The molecule has 0 amide bonds. The Labute approximate surface area is 131 Å². The van der Waals surface area contributed by atoms with Crippen molar-refractivity contribution in [3.63, 3.8) is 0 Å². The zero-order chi connectivity index (χ0) is 15.7. The number of rotatable bonds is 3. The van der Waals surface area contributed by atoms with Gasteiger partial charge in [-0.1, -0.05) is 18.2 Å². The first-order valence-corrected chi connectivity index (χ1v) is 6.84. The SMILES string of the molecule is CN(c1ccccc1)c1nc(Cl)nc2ccc([N+](=O)[O-])cc12. The van der Waals surface area contributed by atoms with E-state index in [1.54, 1.807) is 6.07 Å². The molecule has 7 heteroatoms. The highest BCUT2D eigenvalue weighted by atomic mass is 35.5. The molecule has 0 radical (unpaired) electrons. The number of halogens is 1. The lowest BCUT2D eigenvalue weighted by molar-refractivity contribution is -0.384. The van der Waals surface area contributed by atoms with Crippen molar-refractivity contribution < 1.29 is 4.92 Å². The van der Waals surface area contributed by atoms with Crippen molar-refractivity contribution in [1.29, 1.82) is 0 Å². The number of anilines is 2. The molecule has 2 aromatic carbocycles. The molecule has 0 aliphatic carbocycles. The Hall–Kier alpha value is -2.73. The van der Waals surface area contributed by atoms with Crippen molar-refractivity contribution in [2.75, 3.05) is 11.9 Å². The summed E-state index contributed by atoms with van der Waals surface area (Å²) < 4.78 is 0. The van der Waals surface area contributed by atoms with Crippen molar-refractivity contribution >= 4 is 39.7 Å². The number of benzene rings is 2. The zero-order valence-corrected chi connectivity index (χ0v) is 12.4. The second-order valence-corrected chi connectivity index (χ2v) is 5.01. The van der Waals surface area contributed by atoms with Gasteiger partial charge in [-0.15, -0.1) is 0 Å². The van der Waals surface area contributed by atoms with Crippen molar-refractivity contribution in [3.05, 3.63) is 63.9 Å². The molecule has 0 saturated carbocycles. The van der Waals surface area contributed by atoms with Gasteiger partial charge in [0.1, 0.15) is 5.82 Å². The molecule has 6 nitrogen and oxygen atoms in total. The van der Waals surface area contributed by atoms with Crippen LogP contribution in [0.25, 0.3) is 10.9 Å². The molecule has 1 heterocycles. The summed E-state index contributed by atoms with van der Waals surface area (Å²) in [5, 5.41) is 11.7. The fraction of sp³-hybridized carbons (Fsp3) is 0.0667. The summed E-state index contributed by atoms with van der Waals surface area (Å²) in [4.78, 5) is 20.7. The first kappa shape index (κ1) is 14.2. The van der Waals surface area contributed by atoms with Crippen LogP contribution >= 0.6 is 11.6 Å². The molecule has 1 aromatic heterocycles. The van der Waals surface area contributed by atoms with Crippen molar-refractivity contribution in [3.8, 4) is 0 Å². The minimum absolute atomic E-state index is 0.0128. The second kappa shape index (κ2) is 5.57. The Morgan fingerprint density at radius 3 is 2.55 bits per heavy atom. The van der Waals surface area contributed by atoms with Crippen LogP contribution in [0.2, 0.25) is 5.28 Å². The summed E-state index contributed by atoms with van der Waals surface area (Å²) in [6, 6.07) is 14.0. The quantitative estimate of drug-likeness (QED) is 0.415. The summed E-state index contributed by atoms with van der Waals surface area (Å²) in [5.41, 5.74) is 1.44. The summed E-state index contributed by atoms with van der Waals surface area (Å²) in [6.07, 6.45) is 0. The predicted molar refractivity (Wildman–Crippen MR) is 85.7 cm³/mol. The maximum absolute atomic E-state index is 11.0. The standard InChI is InChI=1S/C15H11ClN4O2/c1-19(10-5-3-2-4-6-10)14-12-9-11(20(21)22)7-8-13(12)17-15(16)18-14/h2-9H,1H3.